The van der Waals surface area contributed by atoms with Gasteiger partial charge in [-0.2, -0.15) is 0 Å². The molecule has 1 spiro atoms. The second-order valence-electron chi connectivity index (χ2n) is 8.91. The van der Waals surface area contributed by atoms with Crippen LogP contribution in [0.25, 0.3) is 0 Å². The second kappa shape index (κ2) is 6.34. The number of allylic oxidation sites excluding steroid dienone is 1. The van der Waals surface area contributed by atoms with E-state index in [1.54, 1.807) is 0 Å². The van der Waals surface area contributed by atoms with E-state index in [1.165, 1.54) is 31.3 Å². The summed E-state index contributed by atoms with van der Waals surface area (Å²) in [5, 5.41) is 0. The van der Waals surface area contributed by atoms with Gasteiger partial charge in [-0.25, -0.2) is 4.79 Å². The third-order valence-electron chi connectivity index (χ3n) is 7.81. The first-order chi connectivity index (χ1) is 10.9. The number of hydrogen-bond acceptors (Lipinski definition) is 2. The summed E-state index contributed by atoms with van der Waals surface area (Å²) >= 11 is 0. The minimum atomic E-state index is -0.148. The van der Waals surface area contributed by atoms with Gasteiger partial charge in [-0.1, -0.05) is 33.3 Å². The molecule has 0 bridgehead atoms. The topological polar surface area (TPSA) is 26.3 Å². The van der Waals surface area contributed by atoms with E-state index < -0.39 is 0 Å². The van der Waals surface area contributed by atoms with Crippen LogP contribution in [0.5, 0.6) is 0 Å². The average molecular weight is 402 g/mol. The molecule has 2 nitrogen and oxygen atoms in total. The quantitative estimate of drug-likeness (QED) is 0.383. The Morgan fingerprint density at radius 3 is 2.71 bits per heavy atom. The van der Waals surface area contributed by atoms with Crippen LogP contribution in [0.1, 0.15) is 65.2 Å². The molecule has 4 aliphatic rings. The van der Waals surface area contributed by atoms with E-state index in [9.17, 15) is 4.79 Å². The van der Waals surface area contributed by atoms with Crippen LogP contribution in [-0.4, -0.2) is 12.1 Å². The fourth-order valence-electron chi connectivity index (χ4n) is 6.26. The van der Waals surface area contributed by atoms with Crippen molar-refractivity contribution in [2.24, 2.45) is 28.6 Å². The van der Waals surface area contributed by atoms with Crippen LogP contribution < -0.4 is 0 Å². The van der Waals surface area contributed by atoms with Crippen molar-refractivity contribution in [3.8, 4) is 0 Å². The molecule has 1 heterocycles. The number of fused-ring (bicyclic) bond motifs is 1. The van der Waals surface area contributed by atoms with E-state index in [2.05, 4.69) is 20.4 Å². The molecule has 1 aliphatic heterocycles. The maximum absolute atomic E-state index is 11.9. The van der Waals surface area contributed by atoms with E-state index in [-0.39, 0.29) is 50.2 Å². The SMILES string of the molecule is [CH-]=C1CCC[C@]2(C)[C@@H](C(C)CC3OC(=O)C(=C)C34CC4)CC[C@@H]12.[Y]. The Morgan fingerprint density at radius 2 is 2.04 bits per heavy atom. The van der Waals surface area contributed by atoms with Crippen LogP contribution >= 0.6 is 0 Å². The van der Waals surface area contributed by atoms with Crippen LogP contribution in [0.15, 0.2) is 17.7 Å². The molecule has 1 radical (unpaired) electrons. The summed E-state index contributed by atoms with van der Waals surface area (Å²) in [4.78, 5) is 11.9. The summed E-state index contributed by atoms with van der Waals surface area (Å²) in [6.07, 6.45) is 9.42. The monoisotopic (exact) mass is 402 g/mol. The van der Waals surface area contributed by atoms with Crippen LogP contribution in [0.2, 0.25) is 0 Å². The third kappa shape index (κ3) is 2.62. The summed E-state index contributed by atoms with van der Waals surface area (Å²) < 4.78 is 5.70. The molecule has 0 aromatic rings. The first kappa shape index (κ1) is 18.8. The van der Waals surface area contributed by atoms with Crippen molar-refractivity contribution in [2.45, 2.75) is 71.3 Å². The van der Waals surface area contributed by atoms with Gasteiger partial charge < -0.3 is 11.3 Å². The van der Waals surface area contributed by atoms with Gasteiger partial charge in [-0.05, 0) is 61.7 Å². The summed E-state index contributed by atoms with van der Waals surface area (Å²) in [7, 11) is 0. The van der Waals surface area contributed by atoms with Crippen molar-refractivity contribution in [2.75, 3.05) is 0 Å². The number of rotatable bonds is 3. The summed E-state index contributed by atoms with van der Waals surface area (Å²) in [5.74, 6) is 1.75. The predicted molar refractivity (Wildman–Crippen MR) is 90.5 cm³/mol. The van der Waals surface area contributed by atoms with Gasteiger partial charge >= 0.3 is 5.97 Å². The van der Waals surface area contributed by atoms with Gasteiger partial charge in [-0.15, -0.1) is 0 Å². The maximum atomic E-state index is 11.9. The number of cyclic esters (lactones) is 1. The molecule has 4 fully saturated rings. The average Bonchev–Trinajstić information content (AvgIpc) is 3.17. The van der Waals surface area contributed by atoms with Gasteiger partial charge in [0.25, 0.3) is 0 Å². The molecule has 2 unspecified atom stereocenters. The molecule has 4 rings (SSSR count). The van der Waals surface area contributed by atoms with Crippen LogP contribution in [0.3, 0.4) is 0 Å². The Hall–Kier alpha value is 0.0539. The fourth-order valence-corrected chi connectivity index (χ4v) is 6.26. The Morgan fingerprint density at radius 1 is 1.33 bits per heavy atom. The van der Waals surface area contributed by atoms with Crippen molar-refractivity contribution >= 4 is 5.97 Å². The smallest absolute Gasteiger partial charge is 0.334 e. The Kier molecular flexibility index (Phi) is 4.98. The molecule has 0 aromatic carbocycles. The van der Waals surface area contributed by atoms with Crippen molar-refractivity contribution in [3.05, 3.63) is 24.3 Å². The first-order valence-electron chi connectivity index (χ1n) is 9.40. The Labute approximate surface area is 171 Å². The molecule has 0 N–H and O–H groups in total. The predicted octanol–water partition coefficient (Wildman–Crippen LogP) is 4.85. The normalized spacial score (nSPS) is 40.9. The van der Waals surface area contributed by atoms with E-state index in [0.29, 0.717) is 23.2 Å². The van der Waals surface area contributed by atoms with Crippen LogP contribution in [0.4, 0.5) is 0 Å². The number of carbonyl (C=O) groups is 1. The summed E-state index contributed by atoms with van der Waals surface area (Å²) in [6.45, 7) is 15.2. The van der Waals surface area contributed by atoms with Gasteiger partial charge in [-0.3, -0.25) is 5.57 Å². The molecular weight excluding hydrogens is 373 g/mol. The zero-order chi connectivity index (χ0) is 16.4. The standard InChI is InChI=1S/C21H29O2.Y/c1-13-6-5-9-20(4)16(13)7-8-17(20)14(2)12-18-21(10-11-21)15(3)19(22)23-18;/h1,14,16-18H,3,5-12H2,2,4H3;/q-1;/t14?,16-,17+,18?,20-;/m0./s1. The van der Waals surface area contributed by atoms with Crippen molar-refractivity contribution in [1.29, 1.82) is 0 Å². The molecule has 0 aromatic heterocycles. The molecular formula is C21H29O2Y-. The molecule has 24 heavy (non-hydrogen) atoms. The maximum Gasteiger partial charge on any atom is 0.334 e. The summed E-state index contributed by atoms with van der Waals surface area (Å²) in [5.41, 5.74) is 2.34. The van der Waals surface area contributed by atoms with E-state index in [1.807, 2.05) is 0 Å². The van der Waals surface area contributed by atoms with E-state index >= 15 is 0 Å². The zero-order valence-corrected chi connectivity index (χ0v) is 18.0. The minimum Gasteiger partial charge on any atom is -0.514 e. The second-order valence-corrected chi connectivity index (χ2v) is 8.91. The van der Waals surface area contributed by atoms with Crippen LogP contribution in [0, 0.1) is 35.2 Å². The minimum absolute atomic E-state index is 0. The summed E-state index contributed by atoms with van der Waals surface area (Å²) in [6, 6.07) is 0. The van der Waals surface area contributed by atoms with Crippen molar-refractivity contribution in [1.82, 2.24) is 0 Å². The molecule has 5 atom stereocenters. The molecule has 1 saturated heterocycles. The fraction of sp³-hybridized carbons (Fsp3) is 0.762. The van der Waals surface area contributed by atoms with E-state index in [4.69, 9.17) is 11.3 Å². The molecule has 3 saturated carbocycles. The Bertz CT molecular complexity index is 576. The Balaban J connectivity index is 0.00000169. The number of hydrogen-bond donors (Lipinski definition) is 0. The van der Waals surface area contributed by atoms with Gasteiger partial charge in [0.1, 0.15) is 6.10 Å². The molecule has 129 valence electrons. The van der Waals surface area contributed by atoms with Gasteiger partial charge in [0.05, 0.1) is 0 Å². The zero-order valence-electron chi connectivity index (χ0n) is 15.1. The van der Waals surface area contributed by atoms with Crippen molar-refractivity contribution < 1.29 is 42.2 Å². The van der Waals surface area contributed by atoms with Gasteiger partial charge in [0, 0.05) is 43.7 Å². The molecule has 0 amide bonds. The van der Waals surface area contributed by atoms with Gasteiger partial charge in [0.2, 0.25) is 0 Å². The van der Waals surface area contributed by atoms with E-state index in [0.717, 1.165) is 31.3 Å². The number of esters is 1. The number of ether oxygens (including phenoxy) is 1. The van der Waals surface area contributed by atoms with Crippen molar-refractivity contribution in [3.63, 3.8) is 0 Å². The first-order valence-corrected chi connectivity index (χ1v) is 9.40. The number of carbonyl (C=O) groups excluding carboxylic acids is 1. The largest absolute Gasteiger partial charge is 0.514 e. The molecule has 3 heteroatoms. The van der Waals surface area contributed by atoms with Crippen LogP contribution in [-0.2, 0) is 42.2 Å². The third-order valence-corrected chi connectivity index (χ3v) is 7.81. The molecule has 3 aliphatic carbocycles. The van der Waals surface area contributed by atoms with Gasteiger partial charge in [0.15, 0.2) is 0 Å².